The van der Waals surface area contributed by atoms with Crippen LogP contribution in [0.3, 0.4) is 0 Å². The van der Waals surface area contributed by atoms with Crippen LogP contribution in [0.5, 0.6) is 17.2 Å². The Balaban J connectivity index is 2.03. The van der Waals surface area contributed by atoms with Crippen molar-refractivity contribution in [2.45, 2.75) is 32.8 Å². The standard InChI is InChI=1S/C17H19FO2/c1-4-17(2,3)20-16-11-9-15(10-12-16)19-14-7-5-13(18)6-8-14/h5-12H,4H2,1-3H3. The van der Waals surface area contributed by atoms with E-state index in [1.807, 2.05) is 24.3 Å². The van der Waals surface area contributed by atoms with Gasteiger partial charge >= 0.3 is 0 Å². The average Bonchev–Trinajstić information content (AvgIpc) is 2.43. The molecular formula is C17H19FO2. The van der Waals surface area contributed by atoms with Crippen molar-refractivity contribution in [3.05, 3.63) is 54.3 Å². The van der Waals surface area contributed by atoms with E-state index in [0.29, 0.717) is 11.5 Å². The van der Waals surface area contributed by atoms with E-state index >= 15 is 0 Å². The van der Waals surface area contributed by atoms with E-state index in [1.54, 1.807) is 12.1 Å². The van der Waals surface area contributed by atoms with Gasteiger partial charge in [-0.3, -0.25) is 0 Å². The van der Waals surface area contributed by atoms with Crippen molar-refractivity contribution in [2.75, 3.05) is 0 Å². The molecule has 0 aliphatic carbocycles. The Labute approximate surface area is 119 Å². The predicted octanol–water partition coefficient (Wildman–Crippen LogP) is 5.19. The molecule has 2 rings (SSSR count). The summed E-state index contributed by atoms with van der Waals surface area (Å²) in [5.41, 5.74) is -0.181. The Hall–Kier alpha value is -2.03. The van der Waals surface area contributed by atoms with Gasteiger partial charge in [0.1, 0.15) is 28.7 Å². The number of rotatable bonds is 5. The molecule has 0 bridgehead atoms. The largest absolute Gasteiger partial charge is 0.488 e. The van der Waals surface area contributed by atoms with Crippen molar-refractivity contribution in [3.8, 4) is 17.2 Å². The van der Waals surface area contributed by atoms with Gasteiger partial charge in [0.2, 0.25) is 0 Å². The molecule has 106 valence electrons. The van der Waals surface area contributed by atoms with Crippen molar-refractivity contribution in [2.24, 2.45) is 0 Å². The van der Waals surface area contributed by atoms with Crippen LogP contribution in [-0.2, 0) is 0 Å². The first-order chi connectivity index (χ1) is 9.48. The monoisotopic (exact) mass is 274 g/mol. The van der Waals surface area contributed by atoms with Crippen LogP contribution in [0, 0.1) is 5.82 Å². The third kappa shape index (κ3) is 3.98. The van der Waals surface area contributed by atoms with Crippen molar-refractivity contribution in [3.63, 3.8) is 0 Å². The van der Waals surface area contributed by atoms with Gasteiger partial charge in [-0.25, -0.2) is 4.39 Å². The number of ether oxygens (including phenoxy) is 2. The molecule has 0 amide bonds. The lowest BCUT2D eigenvalue weighted by Crippen LogP contribution is -2.26. The van der Waals surface area contributed by atoms with Gasteiger partial charge in [0.15, 0.2) is 0 Å². The van der Waals surface area contributed by atoms with Gasteiger partial charge in [-0.2, -0.15) is 0 Å². The maximum absolute atomic E-state index is 12.8. The van der Waals surface area contributed by atoms with E-state index in [-0.39, 0.29) is 11.4 Å². The Morgan fingerprint density at radius 2 is 1.30 bits per heavy atom. The number of halogens is 1. The highest BCUT2D eigenvalue weighted by Gasteiger charge is 2.16. The predicted molar refractivity (Wildman–Crippen MR) is 77.9 cm³/mol. The minimum atomic E-state index is -0.275. The van der Waals surface area contributed by atoms with E-state index in [4.69, 9.17) is 9.47 Å². The van der Waals surface area contributed by atoms with Crippen LogP contribution in [0.2, 0.25) is 0 Å². The zero-order valence-electron chi connectivity index (χ0n) is 12.0. The Morgan fingerprint density at radius 3 is 1.80 bits per heavy atom. The molecule has 0 unspecified atom stereocenters. The van der Waals surface area contributed by atoms with Gasteiger partial charge in [-0.15, -0.1) is 0 Å². The lowest BCUT2D eigenvalue weighted by Gasteiger charge is -2.24. The molecule has 2 nitrogen and oxygen atoms in total. The van der Waals surface area contributed by atoms with Gasteiger partial charge in [0, 0.05) is 0 Å². The summed E-state index contributed by atoms with van der Waals surface area (Å²) in [5.74, 6) is 1.83. The molecule has 0 saturated carbocycles. The maximum atomic E-state index is 12.8. The minimum Gasteiger partial charge on any atom is -0.488 e. The first-order valence-corrected chi connectivity index (χ1v) is 6.71. The molecule has 0 aromatic heterocycles. The summed E-state index contributed by atoms with van der Waals surface area (Å²) < 4.78 is 24.3. The number of hydrogen-bond donors (Lipinski definition) is 0. The van der Waals surface area contributed by atoms with Gasteiger partial charge < -0.3 is 9.47 Å². The number of benzene rings is 2. The van der Waals surface area contributed by atoms with Crippen LogP contribution in [0.25, 0.3) is 0 Å². The third-order valence-electron chi connectivity index (χ3n) is 3.12. The summed E-state index contributed by atoms with van der Waals surface area (Å²) in [4.78, 5) is 0. The fraction of sp³-hybridized carbons (Fsp3) is 0.294. The van der Waals surface area contributed by atoms with Crippen LogP contribution < -0.4 is 9.47 Å². The molecule has 2 aromatic rings. The molecule has 0 atom stereocenters. The van der Waals surface area contributed by atoms with Crippen molar-refractivity contribution in [1.29, 1.82) is 0 Å². The van der Waals surface area contributed by atoms with E-state index in [0.717, 1.165) is 12.2 Å². The summed E-state index contributed by atoms with van der Waals surface area (Å²) in [6.07, 6.45) is 0.931. The van der Waals surface area contributed by atoms with Crippen LogP contribution in [0.4, 0.5) is 4.39 Å². The molecule has 0 aliphatic rings. The fourth-order valence-corrected chi connectivity index (χ4v) is 1.61. The van der Waals surface area contributed by atoms with Crippen LogP contribution in [-0.4, -0.2) is 5.60 Å². The van der Waals surface area contributed by atoms with Crippen LogP contribution >= 0.6 is 0 Å². The SMILES string of the molecule is CCC(C)(C)Oc1ccc(Oc2ccc(F)cc2)cc1. The van der Waals surface area contributed by atoms with E-state index < -0.39 is 0 Å². The summed E-state index contributed by atoms with van der Waals surface area (Å²) in [6, 6.07) is 13.4. The smallest absolute Gasteiger partial charge is 0.127 e. The van der Waals surface area contributed by atoms with Crippen molar-refractivity contribution >= 4 is 0 Å². The summed E-state index contributed by atoms with van der Waals surface area (Å²) in [6.45, 7) is 6.19. The topological polar surface area (TPSA) is 18.5 Å². The second kappa shape index (κ2) is 5.95. The molecular weight excluding hydrogens is 255 g/mol. The summed E-state index contributed by atoms with van der Waals surface area (Å²) in [7, 11) is 0. The lowest BCUT2D eigenvalue weighted by atomic mass is 10.1. The van der Waals surface area contributed by atoms with Gasteiger partial charge in [-0.1, -0.05) is 6.92 Å². The highest BCUT2D eigenvalue weighted by atomic mass is 19.1. The highest BCUT2D eigenvalue weighted by molar-refractivity contribution is 5.35. The van der Waals surface area contributed by atoms with Gasteiger partial charge in [-0.05, 0) is 68.8 Å². The summed E-state index contributed by atoms with van der Waals surface area (Å²) in [5, 5.41) is 0. The maximum Gasteiger partial charge on any atom is 0.127 e. The van der Waals surface area contributed by atoms with E-state index in [1.165, 1.54) is 12.1 Å². The quantitative estimate of drug-likeness (QED) is 0.747. The van der Waals surface area contributed by atoms with Gasteiger partial charge in [0.25, 0.3) is 0 Å². The fourth-order valence-electron chi connectivity index (χ4n) is 1.61. The zero-order chi connectivity index (χ0) is 14.6. The van der Waals surface area contributed by atoms with Crippen molar-refractivity contribution in [1.82, 2.24) is 0 Å². The van der Waals surface area contributed by atoms with Crippen LogP contribution in [0.1, 0.15) is 27.2 Å². The average molecular weight is 274 g/mol. The van der Waals surface area contributed by atoms with E-state index in [9.17, 15) is 4.39 Å². The molecule has 0 N–H and O–H groups in total. The minimum absolute atomic E-state index is 0.181. The Kier molecular flexibility index (Phi) is 4.28. The van der Waals surface area contributed by atoms with E-state index in [2.05, 4.69) is 20.8 Å². The highest BCUT2D eigenvalue weighted by Crippen LogP contribution is 2.26. The lowest BCUT2D eigenvalue weighted by molar-refractivity contribution is 0.105. The molecule has 0 aliphatic heterocycles. The first kappa shape index (κ1) is 14.4. The molecule has 0 fully saturated rings. The normalized spacial score (nSPS) is 11.2. The van der Waals surface area contributed by atoms with Gasteiger partial charge in [0.05, 0.1) is 0 Å². The Bertz CT molecular complexity index is 544. The molecule has 0 saturated heterocycles. The zero-order valence-corrected chi connectivity index (χ0v) is 12.0. The second-order valence-electron chi connectivity index (χ2n) is 5.24. The van der Waals surface area contributed by atoms with Crippen LogP contribution in [0.15, 0.2) is 48.5 Å². The number of hydrogen-bond acceptors (Lipinski definition) is 2. The first-order valence-electron chi connectivity index (χ1n) is 6.71. The molecule has 0 spiro atoms. The third-order valence-corrected chi connectivity index (χ3v) is 3.12. The second-order valence-corrected chi connectivity index (χ2v) is 5.24. The molecule has 20 heavy (non-hydrogen) atoms. The molecule has 2 aromatic carbocycles. The molecule has 3 heteroatoms. The summed E-state index contributed by atoms with van der Waals surface area (Å²) >= 11 is 0. The molecule has 0 radical (unpaired) electrons. The Morgan fingerprint density at radius 1 is 0.850 bits per heavy atom. The van der Waals surface area contributed by atoms with Crippen molar-refractivity contribution < 1.29 is 13.9 Å². The molecule has 0 heterocycles.